The molecule has 146 valence electrons. The fourth-order valence-electron chi connectivity index (χ4n) is 0.332. The lowest BCUT2D eigenvalue weighted by atomic mass is 10.3. The molecule has 0 spiro atoms. The van der Waals surface area contributed by atoms with Crippen molar-refractivity contribution in [2.24, 2.45) is 5.92 Å². The van der Waals surface area contributed by atoms with E-state index in [1.54, 1.807) is 6.92 Å². The third kappa shape index (κ3) is 386. The van der Waals surface area contributed by atoms with Crippen LogP contribution in [-0.4, -0.2) is 46.2 Å². The molecule has 0 atom stereocenters. The van der Waals surface area contributed by atoms with Gasteiger partial charge in [0.1, 0.15) is 0 Å². The smallest absolute Gasteiger partial charge is 0.0140 e. The standard InChI is InChI=1S/C5H10Si.2C4H6Si.C4H8.C3H4.2CH2Si/c1-5(2)4-6-3;1-4(2)5-3;1-3-4-5-2;1-4(2)3;1-3-2;2*1-2/h3,5H,4H2,1-2H3;3H,1H2,2H3;2-4H,1H3;1H2,2-3H3;1H,2H3;2*1-2H. The summed E-state index contributed by atoms with van der Waals surface area (Å²) in [6.45, 7) is 20.9. The van der Waals surface area contributed by atoms with E-state index in [1.807, 2.05) is 58.8 Å². The summed E-state index contributed by atoms with van der Waals surface area (Å²) in [4.78, 5) is 0. The van der Waals surface area contributed by atoms with Gasteiger partial charge in [-0.3, -0.25) is 0 Å². The van der Waals surface area contributed by atoms with Crippen molar-refractivity contribution in [1.29, 1.82) is 0 Å². The topological polar surface area (TPSA) is 0 Å². The zero-order valence-electron chi connectivity index (χ0n) is 18.5. The maximum atomic E-state index is 5.26. The third-order valence-electron chi connectivity index (χ3n) is 1.04. The first kappa shape index (κ1) is 44.9. The van der Waals surface area contributed by atoms with E-state index < -0.39 is 0 Å². The Kier molecular flexibility index (Phi) is 107. The lowest BCUT2D eigenvalue weighted by Gasteiger charge is -1.90. The number of hydrogen-bond donors (Lipinski definition) is 0. The van der Waals surface area contributed by atoms with Crippen LogP contribution in [-0.2, 0) is 0 Å². The number of allylic oxidation sites excluding steroid dienone is 3. The molecule has 27 heavy (non-hydrogen) atoms. The van der Waals surface area contributed by atoms with E-state index in [2.05, 4.69) is 51.4 Å². The van der Waals surface area contributed by atoms with E-state index in [0.29, 0.717) is 26.9 Å². The van der Waals surface area contributed by atoms with Gasteiger partial charge in [0.15, 0.2) is 0 Å². The van der Waals surface area contributed by atoms with E-state index in [1.165, 1.54) is 11.6 Å². The van der Waals surface area contributed by atoms with Gasteiger partial charge >= 0.3 is 0 Å². The molecule has 0 fully saturated rings. The zero-order valence-corrected chi connectivity index (χ0v) is 23.8. The SMILES string of the molecule is C#CC.C#[SiH].C#[SiH].C#[Si]C(=C)C.C#[Si]C=CC.C#[Si]CC(C)C.C=C(C)C. The Morgan fingerprint density at radius 3 is 1.30 bits per heavy atom. The Balaban J connectivity index is -0.0000000358. The van der Waals surface area contributed by atoms with Crippen LogP contribution in [0.5, 0.6) is 0 Å². The molecule has 0 amide bonds. The van der Waals surface area contributed by atoms with Crippen molar-refractivity contribution in [3.05, 3.63) is 35.7 Å². The van der Waals surface area contributed by atoms with Crippen LogP contribution in [0.15, 0.2) is 35.7 Å². The first-order valence-corrected chi connectivity index (χ1v) is 12.7. The van der Waals surface area contributed by atoms with Gasteiger partial charge < -0.3 is 0 Å². The maximum Gasteiger partial charge on any atom is 0.0140 e. The van der Waals surface area contributed by atoms with Crippen molar-refractivity contribution in [2.45, 2.75) is 54.5 Å². The Morgan fingerprint density at radius 2 is 1.30 bits per heavy atom. The van der Waals surface area contributed by atoms with Gasteiger partial charge in [0.25, 0.3) is 0 Å². The van der Waals surface area contributed by atoms with Crippen molar-refractivity contribution < 1.29 is 0 Å². The second-order valence-electron chi connectivity index (χ2n) is 4.89. The van der Waals surface area contributed by atoms with Gasteiger partial charge in [-0.2, -0.15) is 30.0 Å². The Hall–Kier alpha value is -1.24. The molecule has 0 saturated heterocycles. The first-order chi connectivity index (χ1) is 12.6. The molecule has 0 aliphatic heterocycles. The van der Waals surface area contributed by atoms with Gasteiger partial charge in [0.2, 0.25) is 0 Å². The maximum absolute atomic E-state index is 5.26. The largest absolute Gasteiger partial charge is 0.161 e. The summed E-state index contributed by atoms with van der Waals surface area (Å²) < 4.78 is 0. The first-order valence-electron chi connectivity index (χ1n) is 7.89. The average Bonchev–Trinajstić information content (AvgIpc) is 2.60. The van der Waals surface area contributed by atoms with Crippen LogP contribution < -0.4 is 0 Å². The van der Waals surface area contributed by atoms with Crippen LogP contribution >= 0.6 is 0 Å². The number of terminal acetylenes is 1. The normalized spacial score (nSPS) is 5.78. The molecule has 0 aromatic heterocycles. The van der Waals surface area contributed by atoms with E-state index >= 15 is 0 Å². The molecule has 0 bridgehead atoms. The molecule has 5 heteroatoms. The van der Waals surface area contributed by atoms with Gasteiger partial charge in [-0.1, -0.05) is 32.1 Å². The monoisotopic (exact) mass is 442 g/mol. The summed E-state index contributed by atoms with van der Waals surface area (Å²) in [5.74, 6) is 3.04. The highest BCUT2D eigenvalue weighted by Crippen LogP contribution is 1.93. The summed E-state index contributed by atoms with van der Waals surface area (Å²) in [5, 5.41) is 1.06. The van der Waals surface area contributed by atoms with Crippen LogP contribution in [0.1, 0.15) is 48.5 Å². The summed E-state index contributed by atoms with van der Waals surface area (Å²) in [7, 11) is 5.37. The predicted molar refractivity (Wildman–Crippen MR) is 141 cm³/mol. The van der Waals surface area contributed by atoms with Gasteiger partial charge in [-0.15, -0.1) is 18.9 Å². The summed E-state index contributed by atoms with van der Waals surface area (Å²) in [6.07, 6.45) is 6.54. The fourth-order valence-corrected chi connectivity index (χ4v) is 0.996. The van der Waals surface area contributed by atoms with Crippen molar-refractivity contribution in [1.82, 2.24) is 0 Å². The Labute approximate surface area is 184 Å². The molecule has 0 aliphatic carbocycles. The second kappa shape index (κ2) is 64.2. The molecule has 0 rings (SSSR count). The lowest BCUT2D eigenvalue weighted by molar-refractivity contribution is 0.734. The molecule has 0 aromatic carbocycles. The lowest BCUT2D eigenvalue weighted by Crippen LogP contribution is -1.82. The van der Waals surface area contributed by atoms with E-state index in [-0.39, 0.29) is 0 Å². The fraction of sp³-hybridized carbons (Fsp3) is 0.409. The summed E-state index contributed by atoms with van der Waals surface area (Å²) in [5.41, 5.74) is 3.10. The molecule has 0 radical (unpaired) electrons. The van der Waals surface area contributed by atoms with Crippen LogP contribution in [0.4, 0.5) is 0 Å². The Morgan fingerprint density at radius 1 is 1.04 bits per heavy atom. The minimum Gasteiger partial charge on any atom is -0.161 e. The van der Waals surface area contributed by atoms with Crippen molar-refractivity contribution in [3.63, 3.8) is 0 Å². The van der Waals surface area contributed by atoms with Gasteiger partial charge in [-0.05, 0) is 85.8 Å². The van der Waals surface area contributed by atoms with Gasteiger partial charge in [0, 0.05) is 17.9 Å². The van der Waals surface area contributed by atoms with Crippen LogP contribution in [0, 0.1) is 48.3 Å². The molecule has 0 saturated carbocycles. The molecule has 0 heterocycles. The number of rotatable bonds is 1. The molecule has 0 nitrogen and oxygen atoms in total. The molecule has 0 unspecified atom stereocenters. The summed E-state index contributed by atoms with van der Waals surface area (Å²) >= 11 is 0. The van der Waals surface area contributed by atoms with Crippen molar-refractivity contribution in [3.8, 4) is 42.3 Å². The van der Waals surface area contributed by atoms with E-state index in [0.717, 1.165) is 11.1 Å². The molecular weight excluding hydrogens is 405 g/mol. The minimum absolute atomic E-state index is 0.420. The van der Waals surface area contributed by atoms with Gasteiger partial charge in [0.05, 0.1) is 0 Å². The molecular formula is C22H38Si5. The molecule has 0 aliphatic rings. The quantitative estimate of drug-likeness (QED) is 0.325. The van der Waals surface area contributed by atoms with Crippen molar-refractivity contribution in [2.75, 3.05) is 0 Å². The van der Waals surface area contributed by atoms with Crippen molar-refractivity contribution >= 4 is 46.2 Å². The molecule has 0 aromatic rings. The third-order valence-corrected chi connectivity index (χ3v) is 3.11. The van der Waals surface area contributed by atoms with E-state index in [9.17, 15) is 0 Å². The zero-order chi connectivity index (χ0) is 23.7. The van der Waals surface area contributed by atoms with Crippen LogP contribution in [0.25, 0.3) is 0 Å². The van der Waals surface area contributed by atoms with Crippen LogP contribution in [0.2, 0.25) is 6.04 Å². The number of hydrogen-bond acceptors (Lipinski definition) is 0. The van der Waals surface area contributed by atoms with Crippen LogP contribution in [0.3, 0.4) is 0 Å². The Bertz CT molecular complexity index is 526. The summed E-state index contributed by atoms with van der Waals surface area (Å²) in [6, 6.07) is 25.5. The van der Waals surface area contributed by atoms with Gasteiger partial charge in [-0.25, -0.2) is 0 Å². The highest BCUT2D eigenvalue weighted by atomic mass is 28.2. The highest BCUT2D eigenvalue weighted by Gasteiger charge is 1.83. The average molecular weight is 443 g/mol. The molecule has 0 N–H and O–H groups in total. The second-order valence-corrected chi connectivity index (χ2v) is 7.51. The highest BCUT2D eigenvalue weighted by molar-refractivity contribution is 6.32. The minimum atomic E-state index is 0.420. The van der Waals surface area contributed by atoms with E-state index in [4.69, 9.17) is 18.0 Å². The predicted octanol–water partition coefficient (Wildman–Crippen LogP) is 4.15.